The van der Waals surface area contributed by atoms with Gasteiger partial charge in [0, 0.05) is 23.5 Å². The van der Waals surface area contributed by atoms with Crippen molar-refractivity contribution >= 4 is 17.5 Å². The minimum Gasteiger partial charge on any atom is -0.491 e. The van der Waals surface area contributed by atoms with Crippen molar-refractivity contribution in [2.75, 3.05) is 13.2 Å². The summed E-state index contributed by atoms with van der Waals surface area (Å²) < 4.78 is 5.43. The summed E-state index contributed by atoms with van der Waals surface area (Å²) in [5.41, 5.74) is 4.70. The first-order chi connectivity index (χ1) is 9.28. The van der Waals surface area contributed by atoms with Crippen LogP contribution in [0.25, 0.3) is 0 Å². The predicted octanol–water partition coefficient (Wildman–Crippen LogP) is 1.32. The van der Waals surface area contributed by atoms with E-state index in [0.29, 0.717) is 17.3 Å². The Labute approximate surface area is 124 Å². The molecule has 20 heavy (non-hydrogen) atoms. The SMILES string of the molecule is CC(C)(CC(N)=O)NCC(O)COc1ccc(Cl)cc1. The molecule has 0 saturated carbocycles. The van der Waals surface area contributed by atoms with Gasteiger partial charge in [0.2, 0.25) is 5.91 Å². The first-order valence-electron chi connectivity index (χ1n) is 6.38. The Morgan fingerprint density at radius 3 is 2.60 bits per heavy atom. The lowest BCUT2D eigenvalue weighted by atomic mass is 10.0. The number of hydrogen-bond acceptors (Lipinski definition) is 4. The number of nitrogens with one attached hydrogen (secondary N) is 1. The molecule has 112 valence electrons. The molecule has 0 saturated heterocycles. The molecule has 0 heterocycles. The topological polar surface area (TPSA) is 84.6 Å². The molecule has 0 aliphatic heterocycles. The smallest absolute Gasteiger partial charge is 0.219 e. The van der Waals surface area contributed by atoms with Crippen molar-refractivity contribution in [2.24, 2.45) is 5.73 Å². The molecule has 4 N–H and O–H groups in total. The highest BCUT2D eigenvalue weighted by Gasteiger charge is 2.21. The van der Waals surface area contributed by atoms with Crippen LogP contribution in [-0.2, 0) is 4.79 Å². The number of halogens is 1. The molecule has 0 aromatic heterocycles. The summed E-state index contributed by atoms with van der Waals surface area (Å²) in [4.78, 5) is 10.9. The molecule has 5 nitrogen and oxygen atoms in total. The molecule has 1 unspecified atom stereocenters. The van der Waals surface area contributed by atoms with E-state index in [1.807, 2.05) is 13.8 Å². The van der Waals surface area contributed by atoms with Crippen molar-refractivity contribution in [3.05, 3.63) is 29.3 Å². The number of β-amino-alcohol motifs (C(OH)–C–C–N with tert-alkyl or cyclic N) is 1. The molecule has 1 atom stereocenters. The molecule has 1 aromatic carbocycles. The van der Waals surface area contributed by atoms with Crippen LogP contribution >= 0.6 is 11.6 Å². The molecule has 0 fully saturated rings. The maximum absolute atomic E-state index is 10.9. The Morgan fingerprint density at radius 1 is 1.45 bits per heavy atom. The Hall–Kier alpha value is -1.30. The number of hydrogen-bond donors (Lipinski definition) is 3. The molecule has 0 radical (unpaired) electrons. The van der Waals surface area contributed by atoms with Crippen LogP contribution in [0.3, 0.4) is 0 Å². The average Bonchev–Trinajstić information content (AvgIpc) is 2.34. The number of nitrogens with two attached hydrogens (primary N) is 1. The maximum atomic E-state index is 10.9. The van der Waals surface area contributed by atoms with E-state index in [-0.39, 0.29) is 18.9 Å². The molecule has 0 spiro atoms. The normalized spacial score (nSPS) is 13.0. The number of carbonyl (C=O) groups excluding carboxylic acids is 1. The van der Waals surface area contributed by atoms with Crippen molar-refractivity contribution < 1.29 is 14.6 Å². The summed E-state index contributed by atoms with van der Waals surface area (Å²) in [7, 11) is 0. The minimum absolute atomic E-state index is 0.154. The van der Waals surface area contributed by atoms with Gasteiger partial charge in [0.15, 0.2) is 0 Å². The molecule has 0 aliphatic carbocycles. The molecule has 1 amide bonds. The van der Waals surface area contributed by atoms with Crippen molar-refractivity contribution in [2.45, 2.75) is 31.9 Å². The van der Waals surface area contributed by atoms with Gasteiger partial charge in [-0.15, -0.1) is 0 Å². The van der Waals surface area contributed by atoms with Crippen LogP contribution < -0.4 is 15.8 Å². The minimum atomic E-state index is -0.683. The maximum Gasteiger partial charge on any atom is 0.219 e. The highest BCUT2D eigenvalue weighted by Crippen LogP contribution is 2.15. The molecule has 1 aromatic rings. The van der Waals surface area contributed by atoms with E-state index in [1.54, 1.807) is 24.3 Å². The number of ether oxygens (including phenoxy) is 1. The third-order valence-electron chi connectivity index (χ3n) is 2.69. The molecular weight excluding hydrogens is 280 g/mol. The van der Waals surface area contributed by atoms with Crippen molar-refractivity contribution in [3.63, 3.8) is 0 Å². The van der Waals surface area contributed by atoms with Crippen molar-refractivity contribution in [1.82, 2.24) is 5.32 Å². The van der Waals surface area contributed by atoms with E-state index in [1.165, 1.54) is 0 Å². The predicted molar refractivity (Wildman–Crippen MR) is 78.8 cm³/mol. The lowest BCUT2D eigenvalue weighted by molar-refractivity contribution is -0.119. The largest absolute Gasteiger partial charge is 0.491 e. The van der Waals surface area contributed by atoms with Gasteiger partial charge in [-0.25, -0.2) is 0 Å². The van der Waals surface area contributed by atoms with Gasteiger partial charge in [0.05, 0.1) is 0 Å². The highest BCUT2D eigenvalue weighted by molar-refractivity contribution is 6.30. The third kappa shape index (κ3) is 6.75. The average molecular weight is 301 g/mol. The lowest BCUT2D eigenvalue weighted by Crippen LogP contribution is -2.46. The van der Waals surface area contributed by atoms with Gasteiger partial charge in [-0.1, -0.05) is 11.6 Å². The van der Waals surface area contributed by atoms with Gasteiger partial charge >= 0.3 is 0 Å². The van der Waals surface area contributed by atoms with Crippen LogP contribution in [0.4, 0.5) is 0 Å². The molecule has 6 heteroatoms. The second kappa shape index (κ2) is 7.47. The summed E-state index contributed by atoms with van der Waals surface area (Å²) in [6.07, 6.45) is -0.476. The van der Waals surface area contributed by atoms with Crippen LogP contribution in [0.15, 0.2) is 24.3 Å². The van der Waals surface area contributed by atoms with E-state index < -0.39 is 11.6 Å². The number of primary amides is 1. The number of benzene rings is 1. The Kier molecular flexibility index (Phi) is 6.26. The fourth-order valence-electron chi connectivity index (χ4n) is 1.67. The second-order valence-electron chi connectivity index (χ2n) is 5.33. The van der Waals surface area contributed by atoms with Crippen LogP contribution in [0.5, 0.6) is 5.75 Å². The monoisotopic (exact) mass is 300 g/mol. The third-order valence-corrected chi connectivity index (χ3v) is 2.94. The van der Waals surface area contributed by atoms with Crippen LogP contribution in [-0.4, -0.2) is 35.8 Å². The summed E-state index contributed by atoms with van der Waals surface area (Å²) in [5.74, 6) is 0.263. The number of rotatable bonds is 8. The fraction of sp³-hybridized carbons (Fsp3) is 0.500. The first kappa shape index (κ1) is 16.8. The van der Waals surface area contributed by atoms with Gasteiger partial charge in [0.25, 0.3) is 0 Å². The van der Waals surface area contributed by atoms with Crippen molar-refractivity contribution in [1.29, 1.82) is 0 Å². The van der Waals surface area contributed by atoms with Crippen molar-refractivity contribution in [3.8, 4) is 5.75 Å². The molecular formula is C14H21ClN2O3. The number of aliphatic hydroxyl groups is 1. The first-order valence-corrected chi connectivity index (χ1v) is 6.76. The zero-order chi connectivity index (χ0) is 15.2. The van der Waals surface area contributed by atoms with Gasteiger partial charge in [-0.05, 0) is 38.1 Å². The van der Waals surface area contributed by atoms with Crippen LogP contribution in [0.2, 0.25) is 5.02 Å². The summed E-state index contributed by atoms with van der Waals surface area (Å²) in [5, 5.41) is 13.5. The summed E-state index contributed by atoms with van der Waals surface area (Å²) >= 11 is 5.76. The van der Waals surface area contributed by atoms with Crippen LogP contribution in [0, 0.1) is 0 Å². The lowest BCUT2D eigenvalue weighted by Gasteiger charge is -2.26. The molecule has 0 bridgehead atoms. The van der Waals surface area contributed by atoms with Gasteiger partial charge in [-0.2, -0.15) is 0 Å². The highest BCUT2D eigenvalue weighted by atomic mass is 35.5. The zero-order valence-electron chi connectivity index (χ0n) is 11.7. The fourth-order valence-corrected chi connectivity index (χ4v) is 1.80. The summed E-state index contributed by atoms with van der Waals surface area (Å²) in [6.45, 7) is 4.17. The Morgan fingerprint density at radius 2 is 2.05 bits per heavy atom. The van der Waals surface area contributed by atoms with Gasteiger partial charge in [0.1, 0.15) is 18.5 Å². The quantitative estimate of drug-likeness (QED) is 0.676. The molecule has 1 rings (SSSR count). The molecule has 0 aliphatic rings. The second-order valence-corrected chi connectivity index (χ2v) is 5.76. The van der Waals surface area contributed by atoms with E-state index in [0.717, 1.165) is 0 Å². The zero-order valence-corrected chi connectivity index (χ0v) is 12.5. The standard InChI is InChI=1S/C14H21ClN2O3/c1-14(2,7-13(16)19)17-8-11(18)9-20-12-5-3-10(15)4-6-12/h3-6,11,17-18H,7-9H2,1-2H3,(H2,16,19). The van der Waals surface area contributed by atoms with E-state index in [9.17, 15) is 9.90 Å². The Balaban J connectivity index is 2.31. The van der Waals surface area contributed by atoms with E-state index in [4.69, 9.17) is 22.1 Å². The number of amides is 1. The van der Waals surface area contributed by atoms with E-state index in [2.05, 4.69) is 5.32 Å². The van der Waals surface area contributed by atoms with Gasteiger partial charge < -0.3 is 20.9 Å². The summed E-state index contributed by atoms with van der Waals surface area (Å²) in [6, 6.07) is 6.91. The van der Waals surface area contributed by atoms with Gasteiger partial charge in [-0.3, -0.25) is 4.79 Å². The Bertz CT molecular complexity index is 435. The number of aliphatic hydroxyl groups excluding tert-OH is 1. The number of carbonyl (C=O) groups is 1. The van der Waals surface area contributed by atoms with Crippen LogP contribution in [0.1, 0.15) is 20.3 Å². The van der Waals surface area contributed by atoms with E-state index >= 15 is 0 Å².